The number of rotatable bonds is 8. The molecule has 0 bridgehead atoms. The second kappa shape index (κ2) is 9.21. The number of aliphatic imine (C=N–C) groups is 1. The summed E-state index contributed by atoms with van der Waals surface area (Å²) in [6.07, 6.45) is 0. The maximum atomic E-state index is 6.08. The summed E-state index contributed by atoms with van der Waals surface area (Å²) in [6.45, 7) is 4.69. The molecule has 0 atom stereocenters. The average Bonchev–Trinajstić information content (AvgIpc) is 2.71. The van der Waals surface area contributed by atoms with Gasteiger partial charge in [-0.1, -0.05) is 19.9 Å². The number of guanidine groups is 1. The van der Waals surface area contributed by atoms with Crippen LogP contribution in [-0.4, -0.2) is 40.9 Å². The van der Waals surface area contributed by atoms with Gasteiger partial charge in [-0.15, -0.1) is 0 Å². The van der Waals surface area contributed by atoms with Gasteiger partial charge in [0.2, 0.25) is 0 Å². The number of hydrogen-bond donors (Lipinski definition) is 2. The molecule has 0 fully saturated rings. The highest BCUT2D eigenvalue weighted by atomic mass is 16.5. The Bertz CT molecular complexity index is 834. The summed E-state index contributed by atoms with van der Waals surface area (Å²) in [4.78, 5) is 4.50. The molecule has 2 rings (SSSR count). The van der Waals surface area contributed by atoms with E-state index in [2.05, 4.69) is 24.2 Å². The van der Waals surface area contributed by atoms with E-state index in [0.29, 0.717) is 35.5 Å². The van der Waals surface area contributed by atoms with Crippen LogP contribution in [0.4, 0.5) is 5.69 Å². The Balaban J connectivity index is 2.13. The summed E-state index contributed by atoms with van der Waals surface area (Å²) in [5.41, 5.74) is 7.67. The second-order valence-corrected chi connectivity index (χ2v) is 6.85. The Morgan fingerprint density at radius 2 is 1.39 bits per heavy atom. The lowest BCUT2D eigenvalue weighted by Crippen LogP contribution is -2.27. The van der Waals surface area contributed by atoms with E-state index < -0.39 is 0 Å². The Hall–Kier alpha value is -3.09. The fraction of sp³-hybridized carbons (Fsp3) is 0.381. The number of ether oxygens (including phenoxy) is 4. The largest absolute Gasteiger partial charge is 0.493 e. The minimum Gasteiger partial charge on any atom is -0.493 e. The summed E-state index contributed by atoms with van der Waals surface area (Å²) < 4.78 is 21.2. The van der Waals surface area contributed by atoms with E-state index in [1.54, 1.807) is 34.5 Å². The van der Waals surface area contributed by atoms with Crippen LogP contribution >= 0.6 is 0 Å². The molecular weight excluding hydrogens is 358 g/mol. The first-order valence-corrected chi connectivity index (χ1v) is 8.86. The van der Waals surface area contributed by atoms with E-state index in [9.17, 15) is 0 Å². The number of anilines is 1. The van der Waals surface area contributed by atoms with E-state index in [4.69, 9.17) is 24.7 Å². The Kier molecular flexibility index (Phi) is 6.98. The molecule has 2 aromatic rings. The first-order valence-electron chi connectivity index (χ1n) is 8.86. The summed E-state index contributed by atoms with van der Waals surface area (Å²) in [7, 11) is 6.42. The number of nitrogens with two attached hydrogens (primary N) is 1. The van der Waals surface area contributed by atoms with Crippen molar-refractivity contribution < 1.29 is 18.9 Å². The zero-order valence-electron chi connectivity index (χ0n) is 17.3. The molecule has 0 aromatic heterocycles. The van der Waals surface area contributed by atoms with Crippen LogP contribution in [0, 0.1) is 0 Å². The molecular formula is C21H29N3O4. The molecule has 0 heterocycles. The zero-order valence-corrected chi connectivity index (χ0v) is 17.3. The summed E-state index contributed by atoms with van der Waals surface area (Å²) in [6, 6.07) is 11.3. The maximum absolute atomic E-state index is 6.08. The minimum absolute atomic E-state index is 0.247. The van der Waals surface area contributed by atoms with E-state index >= 15 is 0 Å². The summed E-state index contributed by atoms with van der Waals surface area (Å²) in [5, 5.41) is 3.08. The smallest absolute Gasteiger partial charge is 0.193 e. The molecule has 0 amide bonds. The molecule has 0 unspecified atom stereocenters. The van der Waals surface area contributed by atoms with Crippen molar-refractivity contribution in [1.29, 1.82) is 0 Å². The van der Waals surface area contributed by atoms with Crippen molar-refractivity contribution in [3.63, 3.8) is 0 Å². The quantitative estimate of drug-likeness (QED) is 0.533. The molecule has 28 heavy (non-hydrogen) atoms. The molecule has 7 heteroatoms. The molecule has 152 valence electrons. The lowest BCUT2D eigenvalue weighted by atomic mass is 9.84. The van der Waals surface area contributed by atoms with Gasteiger partial charge in [0.15, 0.2) is 29.0 Å². The van der Waals surface area contributed by atoms with Gasteiger partial charge in [-0.3, -0.25) is 4.99 Å². The van der Waals surface area contributed by atoms with E-state index in [1.165, 1.54) is 0 Å². The molecule has 3 N–H and O–H groups in total. The van der Waals surface area contributed by atoms with Gasteiger partial charge in [-0.05, 0) is 29.8 Å². The van der Waals surface area contributed by atoms with Crippen molar-refractivity contribution in [2.24, 2.45) is 10.7 Å². The first-order chi connectivity index (χ1) is 13.3. The molecule has 0 aliphatic heterocycles. The monoisotopic (exact) mass is 387 g/mol. The van der Waals surface area contributed by atoms with Crippen molar-refractivity contribution in [2.45, 2.75) is 19.3 Å². The molecule has 0 radical (unpaired) electrons. The zero-order chi connectivity index (χ0) is 20.7. The van der Waals surface area contributed by atoms with Crippen molar-refractivity contribution >= 4 is 11.6 Å². The highest BCUT2D eigenvalue weighted by Crippen LogP contribution is 2.33. The maximum Gasteiger partial charge on any atom is 0.193 e. The van der Waals surface area contributed by atoms with E-state index in [0.717, 1.165) is 11.3 Å². The van der Waals surface area contributed by atoms with Crippen LogP contribution < -0.4 is 30.0 Å². The molecule has 2 aromatic carbocycles. The van der Waals surface area contributed by atoms with Crippen molar-refractivity contribution in [2.75, 3.05) is 40.3 Å². The molecule has 0 aliphatic rings. The number of nitrogens with zero attached hydrogens (tertiary/aromatic N) is 1. The first kappa shape index (κ1) is 21.2. The predicted molar refractivity (Wildman–Crippen MR) is 112 cm³/mol. The number of methoxy groups -OCH3 is 4. The summed E-state index contributed by atoms with van der Waals surface area (Å²) in [5.74, 6) is 2.97. The summed E-state index contributed by atoms with van der Waals surface area (Å²) >= 11 is 0. The molecule has 0 aliphatic carbocycles. The third kappa shape index (κ3) is 5.00. The van der Waals surface area contributed by atoms with Gasteiger partial charge in [0, 0.05) is 17.2 Å². The van der Waals surface area contributed by atoms with Gasteiger partial charge in [0.1, 0.15) is 0 Å². The van der Waals surface area contributed by atoms with Crippen LogP contribution in [0.1, 0.15) is 19.4 Å². The van der Waals surface area contributed by atoms with Crippen LogP contribution in [0.25, 0.3) is 0 Å². The van der Waals surface area contributed by atoms with Gasteiger partial charge in [0.05, 0.1) is 35.0 Å². The third-order valence-electron chi connectivity index (χ3n) is 4.47. The SMILES string of the molecule is COc1ccc(NC(N)=NCC(C)(C)c2ccc(OC)c(OC)c2)cc1OC. The fourth-order valence-electron chi connectivity index (χ4n) is 2.73. The van der Waals surface area contributed by atoms with Crippen molar-refractivity contribution in [1.82, 2.24) is 0 Å². The lowest BCUT2D eigenvalue weighted by molar-refractivity contribution is 0.353. The Morgan fingerprint density at radius 1 is 0.857 bits per heavy atom. The fourth-order valence-corrected chi connectivity index (χ4v) is 2.73. The molecule has 0 spiro atoms. The van der Waals surface area contributed by atoms with Gasteiger partial charge in [-0.25, -0.2) is 0 Å². The molecule has 7 nitrogen and oxygen atoms in total. The van der Waals surface area contributed by atoms with Gasteiger partial charge in [0.25, 0.3) is 0 Å². The topological polar surface area (TPSA) is 87.3 Å². The van der Waals surface area contributed by atoms with Crippen molar-refractivity contribution in [3.05, 3.63) is 42.0 Å². The number of nitrogens with one attached hydrogen (secondary N) is 1. The number of benzene rings is 2. The van der Waals surface area contributed by atoms with Crippen molar-refractivity contribution in [3.8, 4) is 23.0 Å². The van der Waals surface area contributed by atoms with Crippen LogP contribution in [0.3, 0.4) is 0 Å². The number of hydrogen-bond acceptors (Lipinski definition) is 5. The highest BCUT2D eigenvalue weighted by molar-refractivity contribution is 5.92. The van der Waals surface area contributed by atoms with E-state index in [1.807, 2.05) is 30.3 Å². The van der Waals surface area contributed by atoms with Gasteiger partial charge in [-0.2, -0.15) is 0 Å². The van der Waals surface area contributed by atoms with Crippen LogP contribution in [-0.2, 0) is 5.41 Å². The predicted octanol–water partition coefficient (Wildman–Crippen LogP) is 3.43. The lowest BCUT2D eigenvalue weighted by Gasteiger charge is -2.24. The van der Waals surface area contributed by atoms with Crippen LogP contribution in [0.15, 0.2) is 41.4 Å². The molecule has 0 saturated heterocycles. The van der Waals surface area contributed by atoms with Crippen LogP contribution in [0.5, 0.6) is 23.0 Å². The second-order valence-electron chi connectivity index (χ2n) is 6.85. The Morgan fingerprint density at radius 3 is 1.96 bits per heavy atom. The van der Waals surface area contributed by atoms with E-state index in [-0.39, 0.29) is 5.41 Å². The minimum atomic E-state index is -0.247. The molecule has 0 saturated carbocycles. The van der Waals surface area contributed by atoms with Crippen LogP contribution in [0.2, 0.25) is 0 Å². The average molecular weight is 387 g/mol. The highest BCUT2D eigenvalue weighted by Gasteiger charge is 2.22. The van der Waals surface area contributed by atoms with Gasteiger partial charge >= 0.3 is 0 Å². The van der Waals surface area contributed by atoms with Gasteiger partial charge < -0.3 is 30.0 Å². The normalized spacial score (nSPS) is 11.7. The Labute approximate surface area is 166 Å². The standard InChI is InChI=1S/C21H29N3O4/c1-21(2,14-7-9-16(25-3)18(11-14)27-5)13-23-20(22)24-15-8-10-17(26-4)19(12-15)28-6/h7-12H,13H2,1-6H3,(H3,22,23,24). The third-order valence-corrected chi connectivity index (χ3v) is 4.47.